The molecule has 0 saturated carbocycles. The maximum absolute atomic E-state index is 2.34. The van der Waals surface area contributed by atoms with Crippen LogP contribution in [0.2, 0.25) is 0 Å². The molecule has 16 heavy (non-hydrogen) atoms. The Bertz CT molecular complexity index is 541. The predicted molar refractivity (Wildman–Crippen MR) is 67.4 cm³/mol. The fourth-order valence-corrected chi connectivity index (χ4v) is 4.75. The summed E-state index contributed by atoms with van der Waals surface area (Å²) in [6.45, 7) is 0. The van der Waals surface area contributed by atoms with E-state index in [1.165, 1.54) is 22.3 Å². The van der Waals surface area contributed by atoms with Crippen LogP contribution in [0.4, 0.5) is 0 Å². The van der Waals surface area contributed by atoms with E-state index in [4.69, 9.17) is 0 Å². The van der Waals surface area contributed by atoms with E-state index in [1.807, 2.05) is 11.3 Å². The zero-order valence-electron chi connectivity index (χ0n) is 8.86. The van der Waals surface area contributed by atoms with Crippen LogP contribution in [0.15, 0.2) is 41.8 Å². The molecule has 0 spiro atoms. The second-order valence-corrected chi connectivity index (χ2v) is 7.98. The summed E-state index contributed by atoms with van der Waals surface area (Å²) >= 11 is 3.08. The van der Waals surface area contributed by atoms with Crippen molar-refractivity contribution in [2.75, 3.05) is 0 Å². The van der Waals surface area contributed by atoms with Gasteiger partial charge in [0, 0.05) is 0 Å². The van der Waals surface area contributed by atoms with Crippen LogP contribution < -0.4 is 2.63 Å². The molecular weight excluding hydrogens is 379 g/mol. The van der Waals surface area contributed by atoms with Gasteiger partial charge in [-0.25, -0.2) is 0 Å². The Balaban J connectivity index is 2.06. The third-order valence-electron chi connectivity index (χ3n) is 3.00. The quantitative estimate of drug-likeness (QED) is 0.678. The summed E-state index contributed by atoms with van der Waals surface area (Å²) in [5.74, 6) is 0. The number of hydrogen-bond acceptors (Lipinski definition) is 1. The molecule has 1 aromatic heterocycles. The molecule has 0 unspecified atom stereocenters. The van der Waals surface area contributed by atoms with E-state index in [0.29, 0.717) is 0 Å². The van der Waals surface area contributed by atoms with Crippen molar-refractivity contribution in [2.45, 2.75) is 12.8 Å². The first-order valence-electron chi connectivity index (χ1n) is 5.41. The standard InChI is InChI=1S/C14H11S.Hf/c1-2-6-11(5-1)13-9-15-10-14(13)12-7-3-4-8-12;/h1-5,7,9H,6,8H2;. The van der Waals surface area contributed by atoms with Crippen LogP contribution in [0, 0.1) is 0 Å². The molecule has 3 rings (SSSR count). The van der Waals surface area contributed by atoms with Gasteiger partial charge in [-0.2, -0.15) is 0 Å². The number of allylic oxidation sites excluding steroid dienone is 8. The summed E-state index contributed by atoms with van der Waals surface area (Å²) in [4.78, 5) is 0. The van der Waals surface area contributed by atoms with Gasteiger partial charge < -0.3 is 0 Å². The van der Waals surface area contributed by atoms with Crippen LogP contribution >= 0.6 is 11.3 Å². The summed E-state index contributed by atoms with van der Waals surface area (Å²) in [6, 6.07) is 0. The summed E-state index contributed by atoms with van der Waals surface area (Å²) in [7, 11) is 0. The van der Waals surface area contributed by atoms with Crippen molar-refractivity contribution in [2.24, 2.45) is 0 Å². The van der Waals surface area contributed by atoms with Crippen LogP contribution in [-0.2, 0) is 24.4 Å². The van der Waals surface area contributed by atoms with E-state index in [2.05, 4.69) is 41.8 Å². The monoisotopic (exact) mass is 391 g/mol. The first-order valence-corrected chi connectivity index (χ1v) is 8.09. The molecule has 0 saturated heterocycles. The van der Waals surface area contributed by atoms with Crippen molar-refractivity contribution in [3.63, 3.8) is 0 Å². The molecule has 0 aromatic carbocycles. The Morgan fingerprint density at radius 1 is 1.00 bits per heavy atom. The Morgan fingerprint density at radius 3 is 2.31 bits per heavy atom. The fourth-order valence-electron chi connectivity index (χ4n) is 2.19. The maximum atomic E-state index is 2.34. The van der Waals surface area contributed by atoms with Gasteiger partial charge in [0.05, 0.1) is 0 Å². The summed E-state index contributed by atoms with van der Waals surface area (Å²) in [5, 5.41) is 2.34. The number of hydrogen-bond donors (Lipinski definition) is 0. The normalized spacial score (nSPS) is 17.9. The molecule has 2 heteroatoms. The predicted octanol–water partition coefficient (Wildman–Crippen LogP) is 3.61. The van der Waals surface area contributed by atoms with Crippen LogP contribution in [0.3, 0.4) is 0 Å². The molecule has 0 radical (unpaired) electrons. The van der Waals surface area contributed by atoms with E-state index in [9.17, 15) is 0 Å². The van der Waals surface area contributed by atoms with Crippen molar-refractivity contribution in [3.8, 4) is 0 Å². The second kappa shape index (κ2) is 4.42. The van der Waals surface area contributed by atoms with E-state index >= 15 is 0 Å². The van der Waals surface area contributed by atoms with E-state index in [1.54, 1.807) is 2.63 Å². The molecule has 0 bridgehead atoms. The average molecular weight is 390 g/mol. The second-order valence-electron chi connectivity index (χ2n) is 4.00. The van der Waals surface area contributed by atoms with Crippen molar-refractivity contribution in [1.29, 1.82) is 0 Å². The van der Waals surface area contributed by atoms with Gasteiger partial charge in [0.1, 0.15) is 0 Å². The Kier molecular flexibility index (Phi) is 2.95. The van der Waals surface area contributed by atoms with E-state index < -0.39 is 0 Å². The first-order chi connectivity index (χ1) is 7.86. The molecule has 0 aliphatic heterocycles. The fraction of sp³-hybridized carbons (Fsp3) is 0.143. The van der Waals surface area contributed by atoms with Crippen molar-refractivity contribution >= 4 is 25.1 Å². The molecule has 0 atom stereocenters. The van der Waals surface area contributed by atoms with Gasteiger partial charge >= 0.3 is 115 Å². The van der Waals surface area contributed by atoms with Crippen LogP contribution in [0.1, 0.15) is 24.0 Å². The minimum atomic E-state index is 1.10. The van der Waals surface area contributed by atoms with Crippen molar-refractivity contribution in [3.05, 3.63) is 53.0 Å². The summed E-state index contributed by atoms with van der Waals surface area (Å²) < 4.78 is 1.58. The molecule has 0 amide bonds. The Labute approximate surface area is 115 Å². The molecule has 2 aliphatic carbocycles. The molecule has 2 aliphatic rings. The van der Waals surface area contributed by atoms with Crippen molar-refractivity contribution < 1.29 is 24.4 Å². The third kappa shape index (κ3) is 1.78. The molecule has 0 fully saturated rings. The van der Waals surface area contributed by atoms with Gasteiger partial charge in [-0.3, -0.25) is 0 Å². The Hall–Kier alpha value is -0.470. The first kappa shape index (κ1) is 10.7. The van der Waals surface area contributed by atoms with Gasteiger partial charge in [-0.05, 0) is 0 Å². The summed E-state index contributed by atoms with van der Waals surface area (Å²) in [5.41, 5.74) is 6.02. The van der Waals surface area contributed by atoms with Gasteiger partial charge in [0.25, 0.3) is 0 Å². The third-order valence-corrected chi connectivity index (χ3v) is 5.96. The molecular formula is C14H11HfS. The SMILES string of the molecule is [Hf][c]1scc(C2=CC=CC2)c1C1=CC=CC1. The molecule has 1 aromatic rings. The average Bonchev–Trinajstić information content (AvgIpc) is 2.96. The van der Waals surface area contributed by atoms with Crippen LogP contribution in [-0.4, -0.2) is 0 Å². The topological polar surface area (TPSA) is 0 Å². The minimum absolute atomic E-state index is 1.10. The Morgan fingerprint density at radius 2 is 1.69 bits per heavy atom. The zero-order valence-corrected chi connectivity index (χ0v) is 13.3. The molecule has 0 N–H and O–H groups in total. The van der Waals surface area contributed by atoms with Gasteiger partial charge in [-0.15, -0.1) is 0 Å². The van der Waals surface area contributed by atoms with Gasteiger partial charge in [0.15, 0.2) is 0 Å². The van der Waals surface area contributed by atoms with E-state index in [0.717, 1.165) is 37.2 Å². The van der Waals surface area contributed by atoms with E-state index in [-0.39, 0.29) is 0 Å². The van der Waals surface area contributed by atoms with Crippen LogP contribution in [0.5, 0.6) is 0 Å². The van der Waals surface area contributed by atoms with Gasteiger partial charge in [-0.1, -0.05) is 0 Å². The number of rotatable bonds is 2. The molecule has 1 heterocycles. The van der Waals surface area contributed by atoms with Crippen LogP contribution in [0.25, 0.3) is 11.1 Å². The van der Waals surface area contributed by atoms with Gasteiger partial charge in [0.2, 0.25) is 0 Å². The van der Waals surface area contributed by atoms with Crippen molar-refractivity contribution in [1.82, 2.24) is 0 Å². The molecule has 0 nitrogen and oxygen atoms in total. The summed E-state index contributed by atoms with van der Waals surface area (Å²) in [6.07, 6.45) is 15.6. The zero-order chi connectivity index (χ0) is 11.0. The number of thiophene rings is 1. The molecule has 77 valence electrons.